The van der Waals surface area contributed by atoms with E-state index < -0.39 is 0 Å². The number of allylic oxidation sites excluding steroid dienone is 2. The zero-order valence-corrected chi connectivity index (χ0v) is 11.5. The van der Waals surface area contributed by atoms with E-state index >= 15 is 0 Å². The molecule has 3 nitrogen and oxygen atoms in total. The summed E-state index contributed by atoms with van der Waals surface area (Å²) < 4.78 is 0. The molecule has 0 spiro atoms. The molecule has 3 heteroatoms. The van der Waals surface area contributed by atoms with Gasteiger partial charge in [-0.25, -0.2) is 0 Å². The monoisotopic (exact) mass is 227 g/mol. The van der Waals surface area contributed by atoms with E-state index in [1.54, 1.807) is 0 Å². The first-order chi connectivity index (χ1) is 7.17. The summed E-state index contributed by atoms with van der Waals surface area (Å²) in [5.41, 5.74) is 1.46. The van der Waals surface area contributed by atoms with Crippen LogP contribution in [0.15, 0.2) is 11.3 Å². The Bertz CT molecular complexity index is 274. The van der Waals surface area contributed by atoms with Crippen molar-refractivity contribution in [2.24, 2.45) is 11.3 Å². The number of hydrogen-bond donors (Lipinski definition) is 0. The summed E-state index contributed by atoms with van der Waals surface area (Å²) in [7, 11) is 0. The van der Waals surface area contributed by atoms with Gasteiger partial charge in [-0.1, -0.05) is 41.0 Å². The summed E-state index contributed by atoms with van der Waals surface area (Å²) in [6.45, 7) is 12.4. The van der Waals surface area contributed by atoms with Gasteiger partial charge in [0.25, 0.3) is 0 Å². The molecule has 0 bridgehead atoms. The molecule has 0 aliphatic carbocycles. The summed E-state index contributed by atoms with van der Waals surface area (Å²) >= 11 is 0. The Labute approximate surface area is 99.1 Å². The maximum Gasteiger partial charge on any atom is 0.245 e. The van der Waals surface area contributed by atoms with E-state index in [1.807, 2.05) is 6.92 Å². The Morgan fingerprint density at radius 1 is 1.38 bits per heavy atom. The molecular formula is C13H25NO2. The molecule has 0 fully saturated rings. The highest BCUT2D eigenvalue weighted by molar-refractivity contribution is 5.07. The van der Waals surface area contributed by atoms with Gasteiger partial charge in [-0.15, -0.1) is 0 Å². The predicted molar refractivity (Wildman–Crippen MR) is 67.8 cm³/mol. The molecule has 0 saturated heterocycles. The topological polar surface area (TPSA) is 43.1 Å². The van der Waals surface area contributed by atoms with Crippen LogP contribution in [0.3, 0.4) is 0 Å². The Hall–Kier alpha value is -0.860. The second-order valence-electron chi connectivity index (χ2n) is 5.94. The number of hydrogen-bond acceptors (Lipinski definition) is 2. The van der Waals surface area contributed by atoms with Gasteiger partial charge in [-0.05, 0) is 24.7 Å². The van der Waals surface area contributed by atoms with Crippen LogP contribution in [0.5, 0.6) is 0 Å². The highest BCUT2D eigenvalue weighted by atomic mass is 16.6. The van der Waals surface area contributed by atoms with Gasteiger partial charge in [0.2, 0.25) is 5.70 Å². The van der Waals surface area contributed by atoms with Crippen LogP contribution in [0.2, 0.25) is 0 Å². The molecule has 1 unspecified atom stereocenters. The fraction of sp³-hybridized carbons (Fsp3) is 0.846. The van der Waals surface area contributed by atoms with Gasteiger partial charge in [0, 0.05) is 12.0 Å². The molecule has 0 saturated carbocycles. The fourth-order valence-electron chi connectivity index (χ4n) is 1.78. The van der Waals surface area contributed by atoms with Crippen LogP contribution in [0.4, 0.5) is 0 Å². The van der Waals surface area contributed by atoms with Crippen LogP contribution in [0.25, 0.3) is 0 Å². The first-order valence-corrected chi connectivity index (χ1v) is 6.00. The second-order valence-corrected chi connectivity index (χ2v) is 5.94. The van der Waals surface area contributed by atoms with Gasteiger partial charge in [0.15, 0.2) is 0 Å². The van der Waals surface area contributed by atoms with Gasteiger partial charge in [0.05, 0.1) is 4.92 Å². The van der Waals surface area contributed by atoms with Gasteiger partial charge in [0.1, 0.15) is 0 Å². The van der Waals surface area contributed by atoms with Crippen molar-refractivity contribution in [3.63, 3.8) is 0 Å². The molecular weight excluding hydrogens is 202 g/mol. The minimum absolute atomic E-state index is 0.112. The van der Waals surface area contributed by atoms with E-state index in [4.69, 9.17) is 0 Å². The molecule has 94 valence electrons. The van der Waals surface area contributed by atoms with Crippen LogP contribution in [-0.4, -0.2) is 4.92 Å². The Morgan fingerprint density at radius 3 is 2.19 bits per heavy atom. The van der Waals surface area contributed by atoms with Gasteiger partial charge < -0.3 is 0 Å². The molecule has 0 heterocycles. The predicted octanol–water partition coefficient (Wildman–Crippen LogP) is 4.41. The largest absolute Gasteiger partial charge is 0.259 e. The lowest BCUT2D eigenvalue weighted by atomic mass is 9.86. The first kappa shape index (κ1) is 15.1. The van der Waals surface area contributed by atoms with Crippen molar-refractivity contribution in [1.82, 2.24) is 0 Å². The lowest BCUT2D eigenvalue weighted by Crippen LogP contribution is -2.11. The normalized spacial score (nSPS) is 15.6. The Kier molecular flexibility index (Phi) is 5.70. The third kappa shape index (κ3) is 5.89. The maximum absolute atomic E-state index is 11.0. The van der Waals surface area contributed by atoms with Crippen LogP contribution in [0, 0.1) is 21.4 Å². The average molecular weight is 227 g/mol. The molecule has 0 amide bonds. The van der Waals surface area contributed by atoms with Crippen molar-refractivity contribution < 1.29 is 4.92 Å². The van der Waals surface area contributed by atoms with E-state index in [-0.39, 0.29) is 10.3 Å². The summed E-state index contributed by atoms with van der Waals surface area (Å²) in [6, 6.07) is 0. The van der Waals surface area contributed by atoms with Crippen LogP contribution in [0.1, 0.15) is 60.8 Å². The Balaban J connectivity index is 4.87. The Morgan fingerprint density at radius 2 is 1.88 bits per heavy atom. The minimum atomic E-state index is -0.201. The van der Waals surface area contributed by atoms with E-state index in [2.05, 4.69) is 34.6 Å². The standard InChI is InChI=1S/C13H25NO2/c1-7-10(2)8-12(14(15)16)11(3)9-13(4,5)6/h10H,7-9H2,1-6H3/b12-11+. The molecule has 0 rings (SSSR count). The number of rotatable bonds is 5. The van der Waals surface area contributed by atoms with Gasteiger partial charge in [-0.3, -0.25) is 10.1 Å². The lowest BCUT2D eigenvalue weighted by Gasteiger charge is -2.19. The molecule has 0 aromatic heterocycles. The minimum Gasteiger partial charge on any atom is -0.259 e. The van der Waals surface area contributed by atoms with Crippen molar-refractivity contribution in [1.29, 1.82) is 0 Å². The molecule has 0 aliphatic rings. The average Bonchev–Trinajstić information content (AvgIpc) is 2.09. The third-order valence-corrected chi connectivity index (χ3v) is 2.75. The van der Waals surface area contributed by atoms with Crippen LogP contribution in [-0.2, 0) is 0 Å². The number of nitrogens with zero attached hydrogens (tertiary/aromatic N) is 1. The fourth-order valence-corrected chi connectivity index (χ4v) is 1.78. The summed E-state index contributed by atoms with van der Waals surface area (Å²) in [5.74, 6) is 0.385. The van der Waals surface area contributed by atoms with E-state index in [0.29, 0.717) is 18.0 Å². The highest BCUT2D eigenvalue weighted by Gasteiger charge is 2.21. The zero-order valence-electron chi connectivity index (χ0n) is 11.5. The van der Waals surface area contributed by atoms with E-state index in [9.17, 15) is 10.1 Å². The summed E-state index contributed by atoms with van der Waals surface area (Å²) in [5, 5.41) is 11.0. The van der Waals surface area contributed by atoms with Crippen molar-refractivity contribution in [3.05, 3.63) is 21.4 Å². The van der Waals surface area contributed by atoms with Gasteiger partial charge >= 0.3 is 0 Å². The number of nitro groups is 1. The van der Waals surface area contributed by atoms with Crippen molar-refractivity contribution in [2.75, 3.05) is 0 Å². The van der Waals surface area contributed by atoms with E-state index in [0.717, 1.165) is 18.4 Å². The van der Waals surface area contributed by atoms with Crippen molar-refractivity contribution >= 4 is 0 Å². The SMILES string of the molecule is CCC(C)C/C(=C(/C)CC(C)(C)C)[N+](=O)[O-]. The summed E-state index contributed by atoms with van der Waals surface area (Å²) in [4.78, 5) is 10.8. The lowest BCUT2D eigenvalue weighted by molar-refractivity contribution is -0.430. The van der Waals surface area contributed by atoms with Gasteiger partial charge in [-0.2, -0.15) is 0 Å². The second kappa shape index (κ2) is 6.02. The molecule has 0 N–H and O–H groups in total. The maximum atomic E-state index is 11.0. The zero-order chi connectivity index (χ0) is 12.9. The molecule has 0 aliphatic heterocycles. The molecule has 1 atom stereocenters. The summed E-state index contributed by atoms with van der Waals surface area (Å²) in [6.07, 6.45) is 2.37. The van der Waals surface area contributed by atoms with Crippen LogP contribution >= 0.6 is 0 Å². The highest BCUT2D eigenvalue weighted by Crippen LogP contribution is 2.28. The molecule has 16 heavy (non-hydrogen) atoms. The first-order valence-electron chi connectivity index (χ1n) is 6.00. The quantitative estimate of drug-likeness (QED) is 0.515. The van der Waals surface area contributed by atoms with Crippen molar-refractivity contribution in [3.8, 4) is 0 Å². The van der Waals surface area contributed by atoms with Crippen molar-refractivity contribution in [2.45, 2.75) is 60.8 Å². The smallest absolute Gasteiger partial charge is 0.245 e. The third-order valence-electron chi connectivity index (χ3n) is 2.75. The van der Waals surface area contributed by atoms with E-state index in [1.165, 1.54) is 0 Å². The van der Waals surface area contributed by atoms with Crippen LogP contribution < -0.4 is 0 Å². The molecule has 0 aromatic rings. The molecule has 0 radical (unpaired) electrons. The molecule has 0 aromatic carbocycles.